The van der Waals surface area contributed by atoms with Gasteiger partial charge in [-0.3, -0.25) is 9.58 Å². The number of rotatable bonds is 4. The molecular weight excluding hydrogens is 276 g/mol. The van der Waals surface area contributed by atoms with Crippen molar-refractivity contribution in [1.82, 2.24) is 29.0 Å². The number of pyridine rings is 1. The van der Waals surface area contributed by atoms with Gasteiger partial charge in [-0.1, -0.05) is 12.5 Å². The van der Waals surface area contributed by atoms with E-state index in [0.29, 0.717) is 6.04 Å². The molecule has 0 aromatic carbocycles. The van der Waals surface area contributed by atoms with E-state index in [-0.39, 0.29) is 0 Å². The minimum absolute atomic E-state index is 0.514. The van der Waals surface area contributed by atoms with Crippen LogP contribution in [0.15, 0.2) is 43.2 Å². The molecular formula is C16H20N6. The van der Waals surface area contributed by atoms with Gasteiger partial charge in [0.15, 0.2) is 0 Å². The summed E-state index contributed by atoms with van der Waals surface area (Å²) in [6.07, 6.45) is 11.4. The SMILES string of the molecule is c1ccn2cc(CN3CCCCC3Cn3cncn3)nc2c1. The van der Waals surface area contributed by atoms with Crippen molar-refractivity contribution in [3.63, 3.8) is 0 Å². The standard InChI is InChI=1S/C16H20N6/c1-3-7-20(15(5-1)11-22-13-17-12-18-22)9-14-10-21-8-4-2-6-16(21)19-14/h2,4,6,8,10,12-13,15H,1,3,5,7,9,11H2. The molecule has 4 heterocycles. The Balaban J connectivity index is 1.51. The first-order valence-corrected chi connectivity index (χ1v) is 7.87. The highest BCUT2D eigenvalue weighted by atomic mass is 15.3. The van der Waals surface area contributed by atoms with Gasteiger partial charge < -0.3 is 4.40 Å². The van der Waals surface area contributed by atoms with Crippen molar-refractivity contribution in [2.24, 2.45) is 0 Å². The van der Waals surface area contributed by atoms with E-state index in [1.54, 1.807) is 12.7 Å². The fraction of sp³-hybridized carbons (Fsp3) is 0.438. The van der Waals surface area contributed by atoms with Crippen molar-refractivity contribution in [2.75, 3.05) is 6.54 Å². The second kappa shape index (κ2) is 5.88. The fourth-order valence-corrected chi connectivity index (χ4v) is 3.29. The van der Waals surface area contributed by atoms with Crippen LogP contribution < -0.4 is 0 Å². The van der Waals surface area contributed by atoms with Crippen molar-refractivity contribution in [2.45, 2.75) is 38.4 Å². The molecule has 6 heteroatoms. The van der Waals surface area contributed by atoms with Gasteiger partial charge in [-0.25, -0.2) is 9.97 Å². The molecule has 1 atom stereocenters. The molecule has 1 aliphatic rings. The molecule has 0 radical (unpaired) electrons. The van der Waals surface area contributed by atoms with Gasteiger partial charge in [0.05, 0.1) is 12.2 Å². The highest BCUT2D eigenvalue weighted by molar-refractivity contribution is 5.39. The second-order valence-corrected chi connectivity index (χ2v) is 5.94. The Morgan fingerprint density at radius 3 is 3.09 bits per heavy atom. The molecule has 0 bridgehead atoms. The topological polar surface area (TPSA) is 51.2 Å². The third-order valence-electron chi connectivity index (χ3n) is 4.39. The molecule has 0 saturated carbocycles. The second-order valence-electron chi connectivity index (χ2n) is 5.94. The molecule has 1 unspecified atom stereocenters. The highest BCUT2D eigenvalue weighted by Gasteiger charge is 2.23. The van der Waals surface area contributed by atoms with Crippen molar-refractivity contribution in [3.8, 4) is 0 Å². The van der Waals surface area contributed by atoms with E-state index in [1.165, 1.54) is 19.3 Å². The minimum Gasteiger partial charge on any atom is -0.307 e. The number of nitrogens with zero attached hydrogens (tertiary/aromatic N) is 6. The van der Waals surface area contributed by atoms with E-state index in [2.05, 4.69) is 31.8 Å². The Morgan fingerprint density at radius 1 is 1.23 bits per heavy atom. The van der Waals surface area contributed by atoms with Crippen LogP contribution in [0.3, 0.4) is 0 Å². The van der Waals surface area contributed by atoms with Crippen LogP contribution in [0, 0.1) is 0 Å². The fourth-order valence-electron chi connectivity index (χ4n) is 3.29. The summed E-state index contributed by atoms with van der Waals surface area (Å²) in [5, 5.41) is 4.25. The van der Waals surface area contributed by atoms with Gasteiger partial charge in [-0.2, -0.15) is 5.10 Å². The number of likely N-dealkylation sites (tertiary alicyclic amines) is 1. The number of fused-ring (bicyclic) bond motifs is 1. The molecule has 1 saturated heterocycles. The lowest BCUT2D eigenvalue weighted by atomic mass is 10.0. The summed E-state index contributed by atoms with van der Waals surface area (Å²) in [7, 11) is 0. The Bertz CT molecular complexity index is 699. The number of hydrogen-bond acceptors (Lipinski definition) is 4. The quantitative estimate of drug-likeness (QED) is 0.739. The number of aromatic nitrogens is 5. The van der Waals surface area contributed by atoms with Crippen molar-refractivity contribution >= 4 is 5.65 Å². The summed E-state index contributed by atoms with van der Waals surface area (Å²) in [5.74, 6) is 0. The predicted molar refractivity (Wildman–Crippen MR) is 83.3 cm³/mol. The van der Waals surface area contributed by atoms with E-state index < -0.39 is 0 Å². The van der Waals surface area contributed by atoms with Crippen LogP contribution >= 0.6 is 0 Å². The molecule has 22 heavy (non-hydrogen) atoms. The zero-order chi connectivity index (χ0) is 14.8. The van der Waals surface area contributed by atoms with Gasteiger partial charge in [0, 0.05) is 25.0 Å². The van der Waals surface area contributed by atoms with E-state index in [9.17, 15) is 0 Å². The van der Waals surface area contributed by atoms with Crippen molar-refractivity contribution < 1.29 is 0 Å². The summed E-state index contributed by atoms with van der Waals surface area (Å²) < 4.78 is 4.03. The highest BCUT2D eigenvalue weighted by Crippen LogP contribution is 2.20. The maximum atomic E-state index is 4.72. The molecule has 3 aromatic heterocycles. The van der Waals surface area contributed by atoms with Gasteiger partial charge >= 0.3 is 0 Å². The summed E-state index contributed by atoms with van der Waals surface area (Å²) in [5.41, 5.74) is 2.15. The largest absolute Gasteiger partial charge is 0.307 e. The molecule has 0 aliphatic carbocycles. The third kappa shape index (κ3) is 2.74. The van der Waals surface area contributed by atoms with Gasteiger partial charge in [-0.15, -0.1) is 0 Å². The number of imidazole rings is 1. The molecule has 3 aromatic rings. The molecule has 1 aliphatic heterocycles. The Labute approximate surface area is 129 Å². The zero-order valence-electron chi connectivity index (χ0n) is 12.5. The van der Waals surface area contributed by atoms with Crippen molar-refractivity contribution in [1.29, 1.82) is 0 Å². The lowest BCUT2D eigenvalue weighted by Crippen LogP contribution is -2.41. The average molecular weight is 296 g/mol. The van der Waals surface area contributed by atoms with Crippen LogP contribution in [0.5, 0.6) is 0 Å². The van der Waals surface area contributed by atoms with Crippen LogP contribution in [-0.2, 0) is 13.1 Å². The Kier molecular flexibility index (Phi) is 3.60. The van der Waals surface area contributed by atoms with Gasteiger partial charge in [0.1, 0.15) is 18.3 Å². The minimum atomic E-state index is 0.514. The average Bonchev–Trinajstić information content (AvgIpc) is 3.18. The van der Waals surface area contributed by atoms with Crippen LogP contribution in [0.2, 0.25) is 0 Å². The van der Waals surface area contributed by atoms with Gasteiger partial charge in [-0.05, 0) is 31.5 Å². The van der Waals surface area contributed by atoms with E-state index in [0.717, 1.165) is 31.0 Å². The molecule has 0 amide bonds. The Morgan fingerprint density at radius 2 is 2.23 bits per heavy atom. The van der Waals surface area contributed by atoms with Crippen LogP contribution in [0.4, 0.5) is 0 Å². The first kappa shape index (κ1) is 13.5. The van der Waals surface area contributed by atoms with Crippen LogP contribution in [-0.4, -0.2) is 41.6 Å². The predicted octanol–water partition coefficient (Wildman–Crippen LogP) is 1.98. The lowest BCUT2D eigenvalue weighted by Gasteiger charge is -2.35. The van der Waals surface area contributed by atoms with Gasteiger partial charge in [0.2, 0.25) is 0 Å². The first-order chi connectivity index (χ1) is 10.9. The number of piperidine rings is 1. The van der Waals surface area contributed by atoms with Crippen molar-refractivity contribution in [3.05, 3.63) is 48.9 Å². The summed E-state index contributed by atoms with van der Waals surface area (Å²) >= 11 is 0. The van der Waals surface area contributed by atoms with E-state index in [1.807, 2.05) is 22.9 Å². The lowest BCUT2D eigenvalue weighted by molar-refractivity contribution is 0.120. The zero-order valence-corrected chi connectivity index (χ0v) is 12.5. The van der Waals surface area contributed by atoms with E-state index >= 15 is 0 Å². The Hall–Kier alpha value is -2.21. The summed E-state index contributed by atoms with van der Waals surface area (Å²) in [6, 6.07) is 6.63. The smallest absolute Gasteiger partial charge is 0.137 e. The molecule has 114 valence electrons. The first-order valence-electron chi connectivity index (χ1n) is 7.87. The molecule has 6 nitrogen and oxygen atoms in total. The van der Waals surface area contributed by atoms with E-state index in [4.69, 9.17) is 4.98 Å². The molecule has 0 N–H and O–H groups in total. The summed E-state index contributed by atoms with van der Waals surface area (Å²) in [6.45, 7) is 2.95. The maximum absolute atomic E-state index is 4.72. The normalized spacial score (nSPS) is 19.7. The third-order valence-corrected chi connectivity index (χ3v) is 4.39. The van der Waals surface area contributed by atoms with Crippen LogP contribution in [0.1, 0.15) is 25.0 Å². The van der Waals surface area contributed by atoms with Crippen LogP contribution in [0.25, 0.3) is 5.65 Å². The van der Waals surface area contributed by atoms with Gasteiger partial charge in [0.25, 0.3) is 0 Å². The molecule has 4 rings (SSSR count). The molecule has 0 spiro atoms. The monoisotopic (exact) mass is 296 g/mol. The number of hydrogen-bond donors (Lipinski definition) is 0. The molecule has 1 fully saturated rings. The summed E-state index contributed by atoms with van der Waals surface area (Å²) in [4.78, 5) is 11.3. The maximum Gasteiger partial charge on any atom is 0.137 e.